The van der Waals surface area contributed by atoms with Gasteiger partial charge in [-0.15, -0.1) is 0 Å². The summed E-state index contributed by atoms with van der Waals surface area (Å²) in [6.45, 7) is 1.75. The van der Waals surface area contributed by atoms with Gasteiger partial charge < -0.3 is 15.7 Å². The lowest BCUT2D eigenvalue weighted by molar-refractivity contribution is -0.140. The molecule has 0 unspecified atom stereocenters. The third kappa shape index (κ3) is 2.86. The molecule has 7 nitrogen and oxygen atoms in total. The van der Waals surface area contributed by atoms with E-state index in [2.05, 4.69) is 15.6 Å². The molecule has 29 heavy (non-hydrogen) atoms. The lowest BCUT2D eigenvalue weighted by atomic mass is 9.66. The number of fused-ring (bicyclic) bond motifs is 2. The number of pyridine rings is 1. The van der Waals surface area contributed by atoms with Crippen LogP contribution >= 0.6 is 0 Å². The second-order valence-corrected chi connectivity index (χ2v) is 8.55. The first-order valence-corrected chi connectivity index (χ1v) is 9.69. The van der Waals surface area contributed by atoms with Crippen LogP contribution in [0.15, 0.2) is 36.5 Å². The van der Waals surface area contributed by atoms with E-state index in [0.29, 0.717) is 25.1 Å². The predicted molar refractivity (Wildman–Crippen MR) is 105 cm³/mol. The molecule has 1 saturated carbocycles. The Labute approximate surface area is 167 Å². The van der Waals surface area contributed by atoms with Gasteiger partial charge in [0.25, 0.3) is 0 Å². The van der Waals surface area contributed by atoms with Gasteiger partial charge in [0.1, 0.15) is 11.6 Å². The summed E-state index contributed by atoms with van der Waals surface area (Å²) in [7, 11) is 0. The number of aliphatic hydroxyl groups is 1. The van der Waals surface area contributed by atoms with E-state index >= 15 is 0 Å². The molecule has 1 saturated heterocycles. The molecule has 4 N–H and O–H groups in total. The summed E-state index contributed by atoms with van der Waals surface area (Å²) in [5.74, 6) is 0.172. The lowest BCUT2D eigenvalue weighted by Gasteiger charge is -2.54. The first-order valence-electron chi connectivity index (χ1n) is 9.69. The van der Waals surface area contributed by atoms with Crippen molar-refractivity contribution in [3.8, 4) is 0 Å². The summed E-state index contributed by atoms with van der Waals surface area (Å²) in [6, 6.07) is 8.60. The average Bonchev–Trinajstić information content (AvgIpc) is 2.62. The van der Waals surface area contributed by atoms with E-state index in [9.17, 15) is 14.3 Å². The Morgan fingerprint density at radius 3 is 2.76 bits per heavy atom. The molecule has 2 heterocycles. The van der Waals surface area contributed by atoms with E-state index < -0.39 is 17.0 Å². The number of nitrogens with zero attached hydrogens (tertiary/aromatic N) is 2. The van der Waals surface area contributed by atoms with Gasteiger partial charge >= 0.3 is 0 Å². The normalized spacial score (nSPS) is 30.3. The van der Waals surface area contributed by atoms with E-state index in [0.717, 1.165) is 23.0 Å². The molecule has 2 aliphatic carbocycles. The number of anilines is 2. The Kier molecular flexibility index (Phi) is 3.73. The van der Waals surface area contributed by atoms with Crippen LogP contribution in [0.5, 0.6) is 0 Å². The minimum atomic E-state index is -0.752. The number of guanidine groups is 1. The third-order valence-corrected chi connectivity index (χ3v) is 6.20. The molecule has 0 bridgehead atoms. The van der Waals surface area contributed by atoms with Crippen molar-refractivity contribution >= 4 is 23.4 Å². The van der Waals surface area contributed by atoms with E-state index in [4.69, 9.17) is 5.41 Å². The van der Waals surface area contributed by atoms with Crippen LogP contribution in [-0.4, -0.2) is 38.5 Å². The number of amides is 1. The summed E-state index contributed by atoms with van der Waals surface area (Å²) in [5, 5.41) is 24.9. The van der Waals surface area contributed by atoms with Crippen LogP contribution in [-0.2, 0) is 16.8 Å². The van der Waals surface area contributed by atoms with Gasteiger partial charge in [0, 0.05) is 18.2 Å². The molecule has 2 aromatic rings. The van der Waals surface area contributed by atoms with Crippen molar-refractivity contribution in [1.82, 2.24) is 15.2 Å². The van der Waals surface area contributed by atoms with E-state index in [-0.39, 0.29) is 24.3 Å². The van der Waals surface area contributed by atoms with Gasteiger partial charge in [-0.25, -0.2) is 9.37 Å². The molecule has 1 aromatic carbocycles. The van der Waals surface area contributed by atoms with Crippen LogP contribution in [0.1, 0.15) is 37.3 Å². The monoisotopic (exact) mass is 395 g/mol. The maximum absolute atomic E-state index is 13.1. The Morgan fingerprint density at radius 1 is 1.31 bits per heavy atom. The first kappa shape index (κ1) is 18.1. The van der Waals surface area contributed by atoms with Crippen molar-refractivity contribution < 1.29 is 14.3 Å². The lowest BCUT2D eigenvalue weighted by Crippen LogP contribution is -2.69. The van der Waals surface area contributed by atoms with Crippen LogP contribution in [0.3, 0.4) is 0 Å². The van der Waals surface area contributed by atoms with Crippen molar-refractivity contribution in [3.05, 3.63) is 53.5 Å². The fourth-order valence-electron chi connectivity index (χ4n) is 4.81. The van der Waals surface area contributed by atoms with Gasteiger partial charge in [-0.2, -0.15) is 0 Å². The van der Waals surface area contributed by atoms with E-state index in [1.807, 2.05) is 18.2 Å². The standard InChI is InChI=1S/C21H22FN5O2/c1-20(29)7-13(8-20)27-18(28)10-21(26-19(27)23)9-14-15(21)3-2-4-16(14)25-17-6-5-12(22)11-24-17/h2-6,11,13,29H,7-10H2,1H3,(H2,23,26)(H,24,25)/t13-,20+,21-/m0/s1. The zero-order valence-corrected chi connectivity index (χ0v) is 16.0. The Balaban J connectivity index is 1.36. The molecule has 150 valence electrons. The number of nitrogens with one attached hydrogen (secondary N) is 3. The zero-order valence-electron chi connectivity index (χ0n) is 16.0. The Morgan fingerprint density at radius 2 is 2.10 bits per heavy atom. The van der Waals surface area contributed by atoms with Crippen LogP contribution in [0.4, 0.5) is 15.9 Å². The molecular formula is C21H22FN5O2. The van der Waals surface area contributed by atoms with E-state index in [1.165, 1.54) is 11.0 Å². The van der Waals surface area contributed by atoms with Crippen molar-refractivity contribution in [2.24, 2.45) is 0 Å². The molecule has 0 radical (unpaired) electrons. The van der Waals surface area contributed by atoms with Crippen molar-refractivity contribution in [2.45, 2.75) is 49.8 Å². The summed E-state index contributed by atoms with van der Waals surface area (Å²) < 4.78 is 13.1. The van der Waals surface area contributed by atoms with Crippen LogP contribution < -0.4 is 10.6 Å². The van der Waals surface area contributed by atoms with Crippen molar-refractivity contribution in [1.29, 1.82) is 5.41 Å². The highest BCUT2D eigenvalue weighted by atomic mass is 19.1. The second-order valence-electron chi connectivity index (χ2n) is 8.55. The number of hydrogen-bond donors (Lipinski definition) is 4. The Hall–Kier alpha value is -3.00. The quantitative estimate of drug-likeness (QED) is 0.639. The fourth-order valence-corrected chi connectivity index (χ4v) is 4.81. The summed E-state index contributed by atoms with van der Waals surface area (Å²) in [6.07, 6.45) is 3.03. The molecule has 1 aromatic heterocycles. The first-order chi connectivity index (χ1) is 13.8. The highest BCUT2D eigenvalue weighted by Crippen LogP contribution is 2.48. The van der Waals surface area contributed by atoms with Crippen LogP contribution in [0.2, 0.25) is 0 Å². The minimum Gasteiger partial charge on any atom is -0.390 e. The van der Waals surface area contributed by atoms with Crippen LogP contribution in [0, 0.1) is 11.2 Å². The van der Waals surface area contributed by atoms with Crippen molar-refractivity contribution in [3.63, 3.8) is 0 Å². The number of benzene rings is 1. The van der Waals surface area contributed by atoms with Gasteiger partial charge in [-0.05, 0) is 49.1 Å². The van der Waals surface area contributed by atoms with Gasteiger partial charge in [-0.3, -0.25) is 15.1 Å². The summed E-state index contributed by atoms with van der Waals surface area (Å²) in [5.41, 5.74) is 1.60. The molecule has 1 spiro atoms. The Bertz CT molecular complexity index is 994. The van der Waals surface area contributed by atoms with E-state index in [1.54, 1.807) is 13.0 Å². The molecule has 5 rings (SSSR count). The summed E-state index contributed by atoms with van der Waals surface area (Å²) in [4.78, 5) is 18.4. The molecule has 2 fully saturated rings. The number of halogens is 1. The van der Waals surface area contributed by atoms with Crippen molar-refractivity contribution in [2.75, 3.05) is 5.32 Å². The fraction of sp³-hybridized carbons (Fsp3) is 0.381. The highest BCUT2D eigenvalue weighted by Gasteiger charge is 2.54. The minimum absolute atomic E-state index is 0.0848. The molecule has 3 aliphatic rings. The maximum atomic E-state index is 13.1. The van der Waals surface area contributed by atoms with Gasteiger partial charge in [0.15, 0.2) is 5.96 Å². The number of aromatic nitrogens is 1. The topological polar surface area (TPSA) is 101 Å². The van der Waals surface area contributed by atoms with Crippen LogP contribution in [0.25, 0.3) is 0 Å². The number of carbonyl (C=O) groups excluding carboxylic acids is 1. The van der Waals surface area contributed by atoms with Gasteiger partial charge in [0.05, 0.1) is 23.8 Å². The smallest absolute Gasteiger partial charge is 0.232 e. The average molecular weight is 395 g/mol. The number of hydrogen-bond acceptors (Lipinski definition) is 5. The number of carbonyl (C=O) groups is 1. The highest BCUT2D eigenvalue weighted by molar-refractivity contribution is 6.00. The summed E-state index contributed by atoms with van der Waals surface area (Å²) >= 11 is 0. The number of rotatable bonds is 3. The molecule has 1 atom stereocenters. The second kappa shape index (κ2) is 6.00. The largest absolute Gasteiger partial charge is 0.390 e. The zero-order chi connectivity index (χ0) is 20.4. The predicted octanol–water partition coefficient (Wildman–Crippen LogP) is 2.39. The third-order valence-electron chi connectivity index (χ3n) is 6.20. The molecule has 1 aliphatic heterocycles. The van der Waals surface area contributed by atoms with Gasteiger partial charge in [-0.1, -0.05) is 12.1 Å². The molecular weight excluding hydrogens is 373 g/mol. The SMILES string of the molecule is C[C@]1(O)C[C@@H](N2C(=N)N[C@]3(CC2=O)Cc2c(Nc4ccc(F)cn4)cccc23)C1. The van der Waals surface area contributed by atoms with Gasteiger partial charge in [0.2, 0.25) is 5.91 Å². The molecule has 1 amide bonds. The maximum Gasteiger partial charge on any atom is 0.232 e. The molecule has 8 heteroatoms.